The molecule has 0 aromatic heterocycles. The first-order chi connectivity index (χ1) is 11.2. The lowest BCUT2D eigenvalue weighted by molar-refractivity contribution is -0.125. The molecule has 4 nitrogen and oxygen atoms in total. The average molecular weight is 315 g/mol. The largest absolute Gasteiger partial charge is 0.352 e. The third kappa shape index (κ3) is 4.55. The van der Waals surface area contributed by atoms with Crippen molar-refractivity contribution in [1.82, 2.24) is 10.2 Å². The first-order valence-electron chi connectivity index (χ1n) is 9.06. The van der Waals surface area contributed by atoms with Gasteiger partial charge in [-0.2, -0.15) is 0 Å². The molecule has 1 amide bonds. The molecule has 1 saturated carbocycles. The van der Waals surface area contributed by atoms with Crippen molar-refractivity contribution in [1.29, 1.82) is 0 Å². The summed E-state index contributed by atoms with van der Waals surface area (Å²) >= 11 is 0. The van der Waals surface area contributed by atoms with Crippen molar-refractivity contribution in [2.24, 2.45) is 11.7 Å². The van der Waals surface area contributed by atoms with E-state index in [2.05, 4.69) is 34.5 Å². The molecule has 2 aliphatic rings. The number of nitrogens with zero attached hydrogens (tertiary/aromatic N) is 1. The third-order valence-corrected chi connectivity index (χ3v) is 5.25. The van der Waals surface area contributed by atoms with Crippen LogP contribution in [0.2, 0.25) is 0 Å². The molecule has 1 aromatic carbocycles. The summed E-state index contributed by atoms with van der Waals surface area (Å²) in [5.41, 5.74) is 8.51. The van der Waals surface area contributed by atoms with Crippen LogP contribution in [0.4, 0.5) is 0 Å². The molecule has 3 rings (SSSR count). The van der Waals surface area contributed by atoms with Gasteiger partial charge in [0, 0.05) is 19.1 Å². The van der Waals surface area contributed by atoms with Crippen LogP contribution in [0.3, 0.4) is 0 Å². The zero-order chi connectivity index (χ0) is 16.1. The zero-order valence-corrected chi connectivity index (χ0v) is 14.0. The molecule has 1 heterocycles. The molecule has 0 radical (unpaired) electrons. The number of carbonyl (C=O) groups is 1. The normalized spacial score (nSPS) is 25.4. The van der Waals surface area contributed by atoms with Crippen molar-refractivity contribution in [2.75, 3.05) is 13.1 Å². The van der Waals surface area contributed by atoms with Gasteiger partial charge in [-0.15, -0.1) is 0 Å². The number of likely N-dealkylation sites (tertiary alicyclic amines) is 1. The summed E-state index contributed by atoms with van der Waals surface area (Å²) in [5.74, 6) is 0.126. The Labute approximate surface area is 139 Å². The molecule has 1 saturated heterocycles. The van der Waals surface area contributed by atoms with E-state index in [9.17, 15) is 4.79 Å². The van der Waals surface area contributed by atoms with Crippen LogP contribution in [0.1, 0.15) is 49.7 Å². The van der Waals surface area contributed by atoms with Crippen LogP contribution in [0.5, 0.6) is 0 Å². The number of amides is 1. The second-order valence-electron chi connectivity index (χ2n) is 7.07. The van der Waals surface area contributed by atoms with Gasteiger partial charge < -0.3 is 11.1 Å². The quantitative estimate of drug-likeness (QED) is 0.877. The number of nitrogens with two attached hydrogens (primary N) is 1. The van der Waals surface area contributed by atoms with E-state index in [0.717, 1.165) is 31.4 Å². The van der Waals surface area contributed by atoms with Crippen molar-refractivity contribution in [3.63, 3.8) is 0 Å². The van der Waals surface area contributed by atoms with Gasteiger partial charge >= 0.3 is 0 Å². The molecule has 1 aliphatic heterocycles. The van der Waals surface area contributed by atoms with Crippen LogP contribution in [0.15, 0.2) is 24.3 Å². The van der Waals surface area contributed by atoms with Gasteiger partial charge in [-0.3, -0.25) is 9.69 Å². The van der Waals surface area contributed by atoms with Crippen molar-refractivity contribution in [3.8, 4) is 0 Å². The molecule has 1 aromatic rings. The van der Waals surface area contributed by atoms with Crippen LogP contribution in [0.25, 0.3) is 0 Å². The van der Waals surface area contributed by atoms with Crippen LogP contribution < -0.4 is 11.1 Å². The summed E-state index contributed by atoms with van der Waals surface area (Å²) in [5, 5.41) is 3.04. The van der Waals surface area contributed by atoms with Gasteiger partial charge in [0.2, 0.25) is 5.91 Å². The van der Waals surface area contributed by atoms with Crippen molar-refractivity contribution in [3.05, 3.63) is 35.4 Å². The number of hydrogen-bond acceptors (Lipinski definition) is 3. The molecule has 3 N–H and O–H groups in total. The molecule has 126 valence electrons. The lowest BCUT2D eigenvalue weighted by atomic mass is 10.0. The summed E-state index contributed by atoms with van der Waals surface area (Å²) in [7, 11) is 0. The number of benzene rings is 1. The summed E-state index contributed by atoms with van der Waals surface area (Å²) in [4.78, 5) is 14.7. The fraction of sp³-hybridized carbons (Fsp3) is 0.632. The molecular formula is C19H29N3O. The SMILES string of the molecule is NC1CCCC1C(=O)NCc1ccc(CN2CCCCC2)cc1. The van der Waals surface area contributed by atoms with E-state index in [-0.39, 0.29) is 17.9 Å². The van der Waals surface area contributed by atoms with E-state index in [1.54, 1.807) is 0 Å². The predicted molar refractivity (Wildman–Crippen MR) is 92.7 cm³/mol. The van der Waals surface area contributed by atoms with Gasteiger partial charge in [-0.1, -0.05) is 37.1 Å². The highest BCUT2D eigenvalue weighted by molar-refractivity contribution is 5.79. The minimum Gasteiger partial charge on any atom is -0.352 e. The zero-order valence-electron chi connectivity index (χ0n) is 14.0. The van der Waals surface area contributed by atoms with Crippen LogP contribution in [-0.2, 0) is 17.9 Å². The van der Waals surface area contributed by atoms with Gasteiger partial charge in [0.25, 0.3) is 0 Å². The average Bonchev–Trinajstić information content (AvgIpc) is 3.01. The number of rotatable bonds is 5. The van der Waals surface area contributed by atoms with E-state index in [1.165, 1.54) is 37.9 Å². The third-order valence-electron chi connectivity index (χ3n) is 5.25. The van der Waals surface area contributed by atoms with Gasteiger partial charge in [0.15, 0.2) is 0 Å². The van der Waals surface area contributed by atoms with Crippen LogP contribution in [0, 0.1) is 5.92 Å². The molecule has 2 atom stereocenters. The van der Waals surface area contributed by atoms with E-state index in [4.69, 9.17) is 5.73 Å². The van der Waals surface area contributed by atoms with E-state index in [0.29, 0.717) is 6.54 Å². The first kappa shape index (κ1) is 16.5. The summed E-state index contributed by atoms with van der Waals surface area (Å²) in [6.07, 6.45) is 7.01. The van der Waals surface area contributed by atoms with E-state index >= 15 is 0 Å². The first-order valence-corrected chi connectivity index (χ1v) is 9.06. The smallest absolute Gasteiger partial charge is 0.224 e. The Morgan fingerprint density at radius 1 is 1.04 bits per heavy atom. The van der Waals surface area contributed by atoms with Gasteiger partial charge in [-0.25, -0.2) is 0 Å². The van der Waals surface area contributed by atoms with Crippen LogP contribution in [-0.4, -0.2) is 29.9 Å². The highest BCUT2D eigenvalue weighted by Gasteiger charge is 2.29. The lowest BCUT2D eigenvalue weighted by Gasteiger charge is -2.26. The molecule has 1 aliphatic carbocycles. The fourth-order valence-electron chi connectivity index (χ4n) is 3.77. The standard InChI is InChI=1S/C19H29N3O/c20-18-6-4-5-17(18)19(23)21-13-15-7-9-16(10-8-15)14-22-11-2-1-3-12-22/h7-10,17-18H,1-6,11-14,20H2,(H,21,23). The van der Waals surface area contributed by atoms with Gasteiger partial charge in [0.1, 0.15) is 0 Å². The maximum absolute atomic E-state index is 12.2. The van der Waals surface area contributed by atoms with Crippen LogP contribution >= 0.6 is 0 Å². The monoisotopic (exact) mass is 315 g/mol. The number of piperidine rings is 1. The lowest BCUT2D eigenvalue weighted by Crippen LogP contribution is -2.38. The van der Waals surface area contributed by atoms with Crippen molar-refractivity contribution in [2.45, 2.75) is 57.7 Å². The number of carbonyl (C=O) groups excluding carboxylic acids is 1. The summed E-state index contributed by atoms with van der Waals surface area (Å²) in [6, 6.07) is 8.69. The summed E-state index contributed by atoms with van der Waals surface area (Å²) in [6.45, 7) is 4.09. The summed E-state index contributed by atoms with van der Waals surface area (Å²) < 4.78 is 0. The Kier molecular flexibility index (Phi) is 5.68. The van der Waals surface area contributed by atoms with Crippen molar-refractivity contribution < 1.29 is 4.79 Å². The maximum atomic E-state index is 12.2. The number of nitrogens with one attached hydrogen (secondary N) is 1. The minimum absolute atomic E-state index is 0.00775. The molecule has 0 bridgehead atoms. The highest BCUT2D eigenvalue weighted by Crippen LogP contribution is 2.24. The molecule has 2 unspecified atom stereocenters. The highest BCUT2D eigenvalue weighted by atomic mass is 16.1. The fourth-order valence-corrected chi connectivity index (χ4v) is 3.77. The van der Waals surface area contributed by atoms with Gasteiger partial charge in [0.05, 0.1) is 5.92 Å². The molecule has 23 heavy (non-hydrogen) atoms. The second-order valence-corrected chi connectivity index (χ2v) is 7.07. The Morgan fingerprint density at radius 3 is 2.39 bits per heavy atom. The minimum atomic E-state index is 0.00775. The Morgan fingerprint density at radius 2 is 1.74 bits per heavy atom. The van der Waals surface area contributed by atoms with Crippen molar-refractivity contribution >= 4 is 5.91 Å². The Balaban J connectivity index is 1.46. The number of hydrogen-bond donors (Lipinski definition) is 2. The van der Waals surface area contributed by atoms with E-state index in [1.807, 2.05) is 0 Å². The second kappa shape index (κ2) is 7.93. The Hall–Kier alpha value is -1.39. The topological polar surface area (TPSA) is 58.4 Å². The Bertz CT molecular complexity index is 508. The predicted octanol–water partition coefficient (Wildman–Crippen LogP) is 2.42. The molecule has 4 heteroatoms. The molecule has 0 spiro atoms. The maximum Gasteiger partial charge on any atom is 0.224 e. The molecular weight excluding hydrogens is 286 g/mol. The molecule has 2 fully saturated rings. The van der Waals surface area contributed by atoms with Gasteiger partial charge in [-0.05, 0) is 49.9 Å². The van der Waals surface area contributed by atoms with E-state index < -0.39 is 0 Å².